The van der Waals surface area contributed by atoms with E-state index >= 15 is 0 Å². The molecule has 0 aliphatic carbocycles. The molecule has 1 aromatic rings. The van der Waals surface area contributed by atoms with Crippen molar-refractivity contribution in [3.05, 3.63) is 35.0 Å². The first kappa shape index (κ1) is 16.0. The minimum Gasteiger partial charge on any atom is -0.477 e. The Morgan fingerprint density at radius 1 is 1.47 bits per heavy atom. The Labute approximate surface area is 121 Å². The van der Waals surface area contributed by atoms with E-state index in [9.17, 15) is 0 Å². The second-order valence-corrected chi connectivity index (χ2v) is 5.57. The van der Waals surface area contributed by atoms with Gasteiger partial charge in [-0.2, -0.15) is 0 Å². The second kappa shape index (κ2) is 8.18. The summed E-state index contributed by atoms with van der Waals surface area (Å²) in [5.74, 6) is 1.22. The molecule has 0 saturated carbocycles. The summed E-state index contributed by atoms with van der Waals surface area (Å²) in [5.41, 5.74) is 1.93. The van der Waals surface area contributed by atoms with Crippen molar-refractivity contribution in [1.82, 2.24) is 10.3 Å². The van der Waals surface area contributed by atoms with E-state index in [2.05, 4.69) is 30.7 Å². The predicted molar refractivity (Wildman–Crippen MR) is 80.7 cm³/mol. The Hall–Kier alpha value is -1.06. The van der Waals surface area contributed by atoms with Crippen molar-refractivity contribution in [3.63, 3.8) is 0 Å². The van der Waals surface area contributed by atoms with Crippen LogP contribution >= 0.6 is 11.6 Å². The minimum atomic E-state index is 0.600. The van der Waals surface area contributed by atoms with Gasteiger partial charge in [0.25, 0.3) is 0 Å². The van der Waals surface area contributed by atoms with Crippen LogP contribution in [-0.2, 0) is 6.54 Å². The highest BCUT2D eigenvalue weighted by Gasteiger charge is 2.05. The van der Waals surface area contributed by atoms with Crippen LogP contribution in [-0.4, -0.2) is 18.1 Å². The summed E-state index contributed by atoms with van der Waals surface area (Å²) in [7, 11) is 0. The Bertz CT molecular complexity index is 419. The van der Waals surface area contributed by atoms with Crippen molar-refractivity contribution < 1.29 is 4.74 Å². The zero-order chi connectivity index (χ0) is 14.3. The molecule has 1 rings (SSSR count). The minimum absolute atomic E-state index is 0.600. The maximum Gasteiger partial charge on any atom is 0.213 e. The van der Waals surface area contributed by atoms with Crippen LogP contribution in [0, 0.1) is 5.92 Å². The van der Waals surface area contributed by atoms with Gasteiger partial charge in [0.05, 0.1) is 17.3 Å². The lowest BCUT2D eigenvalue weighted by Crippen LogP contribution is -2.20. The van der Waals surface area contributed by atoms with Crippen molar-refractivity contribution in [2.75, 3.05) is 13.2 Å². The van der Waals surface area contributed by atoms with Gasteiger partial charge in [0.2, 0.25) is 5.88 Å². The molecule has 0 saturated heterocycles. The van der Waals surface area contributed by atoms with Gasteiger partial charge in [-0.1, -0.05) is 31.0 Å². The van der Waals surface area contributed by atoms with Gasteiger partial charge in [-0.05, 0) is 25.5 Å². The van der Waals surface area contributed by atoms with Gasteiger partial charge in [-0.25, -0.2) is 4.98 Å². The quantitative estimate of drug-likeness (QED) is 0.736. The van der Waals surface area contributed by atoms with Crippen LogP contribution in [0.4, 0.5) is 0 Å². The molecule has 1 aromatic heterocycles. The molecule has 0 radical (unpaired) electrons. The first-order valence-electron chi connectivity index (χ1n) is 6.62. The summed E-state index contributed by atoms with van der Waals surface area (Å²) < 4.78 is 5.58. The Kier molecular flexibility index (Phi) is 6.89. The molecule has 1 N–H and O–H groups in total. The Balaban J connectivity index is 2.53. The maximum atomic E-state index is 6.12. The fourth-order valence-electron chi connectivity index (χ4n) is 1.48. The van der Waals surface area contributed by atoms with E-state index in [1.165, 1.54) is 0 Å². The highest BCUT2D eigenvalue weighted by Crippen LogP contribution is 2.18. The second-order valence-electron chi connectivity index (χ2n) is 5.16. The van der Waals surface area contributed by atoms with Gasteiger partial charge in [0.15, 0.2) is 0 Å². The van der Waals surface area contributed by atoms with Gasteiger partial charge in [-0.3, -0.25) is 0 Å². The topological polar surface area (TPSA) is 34.1 Å². The largest absolute Gasteiger partial charge is 0.477 e. The highest BCUT2D eigenvalue weighted by atomic mass is 35.5. The van der Waals surface area contributed by atoms with Crippen LogP contribution in [0.2, 0.25) is 5.02 Å². The van der Waals surface area contributed by atoms with Crippen molar-refractivity contribution in [2.24, 2.45) is 5.92 Å². The van der Waals surface area contributed by atoms with E-state index in [-0.39, 0.29) is 0 Å². The van der Waals surface area contributed by atoms with Gasteiger partial charge >= 0.3 is 0 Å². The summed E-state index contributed by atoms with van der Waals surface area (Å²) in [5, 5.41) is 4.00. The van der Waals surface area contributed by atoms with Gasteiger partial charge in [-0.15, -0.1) is 6.58 Å². The number of rotatable bonds is 8. The summed E-state index contributed by atoms with van der Waals surface area (Å²) in [6, 6.07) is 3.63. The van der Waals surface area contributed by atoms with Crippen LogP contribution in [0.15, 0.2) is 24.3 Å². The lowest BCUT2D eigenvalue weighted by Gasteiger charge is -2.10. The van der Waals surface area contributed by atoms with E-state index in [4.69, 9.17) is 16.3 Å². The molecule has 0 spiro atoms. The highest BCUT2D eigenvalue weighted by molar-refractivity contribution is 6.31. The third-order valence-corrected chi connectivity index (χ3v) is 2.86. The van der Waals surface area contributed by atoms with Gasteiger partial charge < -0.3 is 10.1 Å². The number of halogens is 1. The summed E-state index contributed by atoms with van der Waals surface area (Å²) in [6.07, 6.45) is 0.839. The molecule has 0 fully saturated rings. The van der Waals surface area contributed by atoms with E-state index in [1.54, 1.807) is 6.07 Å². The number of aromatic nitrogens is 1. The van der Waals surface area contributed by atoms with E-state index in [0.717, 1.165) is 24.2 Å². The summed E-state index contributed by atoms with van der Waals surface area (Å²) in [4.78, 5) is 4.42. The number of pyridine rings is 1. The number of hydrogen-bond donors (Lipinski definition) is 1. The van der Waals surface area contributed by atoms with E-state index < -0.39 is 0 Å². The van der Waals surface area contributed by atoms with Crippen molar-refractivity contribution in [3.8, 4) is 5.88 Å². The standard InChI is InChI=1S/C15H23ClN2O/c1-11(2)7-8-19-15-6-5-13(16)14(18-15)10-17-9-12(3)4/h5-6,12,17H,1,7-10H2,2-4H3. The molecule has 0 aliphatic rings. The molecule has 4 heteroatoms. The number of ether oxygens (including phenoxy) is 1. The zero-order valence-corrected chi connectivity index (χ0v) is 12.8. The third-order valence-electron chi connectivity index (χ3n) is 2.52. The molecule has 0 bridgehead atoms. The maximum absolute atomic E-state index is 6.12. The van der Waals surface area contributed by atoms with Crippen LogP contribution in [0.5, 0.6) is 5.88 Å². The van der Waals surface area contributed by atoms with E-state index in [1.807, 2.05) is 13.0 Å². The molecule has 106 valence electrons. The monoisotopic (exact) mass is 282 g/mol. The molecule has 19 heavy (non-hydrogen) atoms. The van der Waals surface area contributed by atoms with Crippen molar-refractivity contribution in [2.45, 2.75) is 33.7 Å². The number of nitrogens with one attached hydrogen (secondary N) is 1. The average Bonchev–Trinajstić information content (AvgIpc) is 2.32. The lowest BCUT2D eigenvalue weighted by molar-refractivity contribution is 0.308. The molecule has 0 unspecified atom stereocenters. The molecule has 0 amide bonds. The molecular formula is C15H23ClN2O. The van der Waals surface area contributed by atoms with Crippen molar-refractivity contribution in [1.29, 1.82) is 0 Å². The molecule has 0 atom stereocenters. The molecule has 1 heterocycles. The Morgan fingerprint density at radius 2 is 2.21 bits per heavy atom. The van der Waals surface area contributed by atoms with Crippen LogP contribution in [0.25, 0.3) is 0 Å². The normalized spacial score (nSPS) is 10.8. The smallest absolute Gasteiger partial charge is 0.213 e. The van der Waals surface area contributed by atoms with Crippen LogP contribution in [0.3, 0.4) is 0 Å². The van der Waals surface area contributed by atoms with Crippen LogP contribution < -0.4 is 10.1 Å². The fourth-order valence-corrected chi connectivity index (χ4v) is 1.65. The third kappa shape index (κ3) is 6.60. The zero-order valence-electron chi connectivity index (χ0n) is 12.0. The fraction of sp³-hybridized carbons (Fsp3) is 0.533. The average molecular weight is 283 g/mol. The Morgan fingerprint density at radius 3 is 2.84 bits per heavy atom. The molecule has 0 aliphatic heterocycles. The van der Waals surface area contributed by atoms with Crippen molar-refractivity contribution >= 4 is 11.6 Å². The number of nitrogens with zero attached hydrogens (tertiary/aromatic N) is 1. The SMILES string of the molecule is C=C(C)CCOc1ccc(Cl)c(CNCC(C)C)n1. The van der Waals surface area contributed by atoms with Crippen LogP contribution in [0.1, 0.15) is 32.9 Å². The number of hydrogen-bond acceptors (Lipinski definition) is 3. The molecule has 3 nitrogen and oxygen atoms in total. The summed E-state index contributed by atoms with van der Waals surface area (Å²) >= 11 is 6.12. The molecule has 0 aromatic carbocycles. The van der Waals surface area contributed by atoms with Gasteiger partial charge in [0.1, 0.15) is 0 Å². The molecular weight excluding hydrogens is 260 g/mol. The first-order chi connectivity index (χ1) is 8.99. The summed E-state index contributed by atoms with van der Waals surface area (Å²) in [6.45, 7) is 12.4. The lowest BCUT2D eigenvalue weighted by atomic mass is 10.2. The first-order valence-corrected chi connectivity index (χ1v) is 7.00. The van der Waals surface area contributed by atoms with E-state index in [0.29, 0.717) is 30.0 Å². The van der Waals surface area contributed by atoms with Gasteiger partial charge in [0, 0.05) is 19.0 Å². The predicted octanol–water partition coefficient (Wildman–Crippen LogP) is 3.83.